The zero-order valence-electron chi connectivity index (χ0n) is 8.30. The Kier molecular flexibility index (Phi) is 4.96. The first kappa shape index (κ1) is 13.3. The number of carbonyl (C=O) groups excluding carboxylic acids is 1. The van der Waals surface area contributed by atoms with Gasteiger partial charge in [0.05, 0.1) is 5.75 Å². The average Bonchev–Trinajstić information content (AvgIpc) is 2.00. The number of hydrogen-bond donors (Lipinski definition) is 1. The van der Waals surface area contributed by atoms with Gasteiger partial charge in [-0.3, -0.25) is 9.35 Å². The maximum atomic E-state index is 11.0. The molecule has 0 aliphatic carbocycles. The van der Waals surface area contributed by atoms with Gasteiger partial charge in [-0.1, -0.05) is 6.58 Å². The van der Waals surface area contributed by atoms with Crippen molar-refractivity contribution in [2.45, 2.75) is 12.5 Å². The summed E-state index contributed by atoms with van der Waals surface area (Å²) in [4.78, 5) is 12.6. The molecule has 6 heteroatoms. The van der Waals surface area contributed by atoms with Gasteiger partial charge in [0, 0.05) is 12.5 Å². The quantitative estimate of drug-likeness (QED) is 0.503. The van der Waals surface area contributed by atoms with E-state index in [0.717, 1.165) is 6.08 Å². The standard InChI is InChI=1S/C8H15NO4S/c1-4-8(10)5-7(9(2)3)6-14(11,12)13/h4,7H,1,5-6H2,2-3H3,(H,11,12,13). The molecular weight excluding hydrogens is 206 g/mol. The summed E-state index contributed by atoms with van der Waals surface area (Å²) in [5.74, 6) is -0.688. The van der Waals surface area contributed by atoms with Gasteiger partial charge in [0.25, 0.3) is 10.1 Å². The first-order valence-electron chi connectivity index (χ1n) is 4.03. The van der Waals surface area contributed by atoms with Crippen molar-refractivity contribution in [2.75, 3.05) is 19.8 Å². The van der Waals surface area contributed by atoms with Crippen LogP contribution in [0.2, 0.25) is 0 Å². The highest BCUT2D eigenvalue weighted by Gasteiger charge is 2.20. The first-order valence-corrected chi connectivity index (χ1v) is 5.64. The zero-order valence-corrected chi connectivity index (χ0v) is 9.12. The predicted molar refractivity (Wildman–Crippen MR) is 53.7 cm³/mol. The minimum atomic E-state index is -4.05. The minimum Gasteiger partial charge on any atom is -0.305 e. The summed E-state index contributed by atoms with van der Waals surface area (Å²) >= 11 is 0. The van der Waals surface area contributed by atoms with Crippen LogP contribution in [0.5, 0.6) is 0 Å². The third kappa shape index (κ3) is 5.85. The van der Waals surface area contributed by atoms with Crippen molar-refractivity contribution in [3.63, 3.8) is 0 Å². The lowest BCUT2D eigenvalue weighted by Crippen LogP contribution is -2.36. The Balaban J connectivity index is 4.46. The smallest absolute Gasteiger partial charge is 0.266 e. The molecule has 0 spiro atoms. The van der Waals surface area contributed by atoms with Gasteiger partial charge in [0.15, 0.2) is 5.78 Å². The molecule has 1 unspecified atom stereocenters. The van der Waals surface area contributed by atoms with Crippen molar-refractivity contribution < 1.29 is 17.8 Å². The SMILES string of the molecule is C=CC(=O)CC(CS(=O)(=O)O)N(C)C. The molecule has 1 N–H and O–H groups in total. The van der Waals surface area contributed by atoms with Crippen LogP contribution in [0.15, 0.2) is 12.7 Å². The third-order valence-electron chi connectivity index (χ3n) is 1.80. The fourth-order valence-electron chi connectivity index (χ4n) is 0.949. The summed E-state index contributed by atoms with van der Waals surface area (Å²) in [7, 11) is -0.760. The lowest BCUT2D eigenvalue weighted by molar-refractivity contribution is -0.115. The Morgan fingerprint density at radius 2 is 2.07 bits per heavy atom. The van der Waals surface area contributed by atoms with Crippen LogP contribution in [0.3, 0.4) is 0 Å². The number of carbonyl (C=O) groups is 1. The molecule has 0 radical (unpaired) electrons. The van der Waals surface area contributed by atoms with Gasteiger partial charge in [0.1, 0.15) is 0 Å². The topological polar surface area (TPSA) is 74.7 Å². The van der Waals surface area contributed by atoms with E-state index in [1.165, 1.54) is 0 Å². The molecule has 0 aliphatic heterocycles. The highest BCUT2D eigenvalue weighted by atomic mass is 32.2. The summed E-state index contributed by atoms with van der Waals surface area (Å²) in [6, 6.07) is -0.518. The largest absolute Gasteiger partial charge is 0.305 e. The number of ketones is 1. The van der Waals surface area contributed by atoms with Crippen LogP contribution < -0.4 is 0 Å². The van der Waals surface area contributed by atoms with Crippen LogP contribution in [0, 0.1) is 0 Å². The van der Waals surface area contributed by atoms with Crippen molar-refractivity contribution >= 4 is 15.9 Å². The van der Waals surface area contributed by atoms with Gasteiger partial charge in [-0.15, -0.1) is 0 Å². The molecule has 0 aromatic rings. The van der Waals surface area contributed by atoms with Gasteiger partial charge < -0.3 is 4.90 Å². The highest BCUT2D eigenvalue weighted by molar-refractivity contribution is 7.85. The molecular formula is C8H15NO4S. The van der Waals surface area contributed by atoms with Crippen molar-refractivity contribution in [1.82, 2.24) is 4.90 Å². The molecule has 14 heavy (non-hydrogen) atoms. The van der Waals surface area contributed by atoms with E-state index in [0.29, 0.717) is 0 Å². The molecule has 82 valence electrons. The van der Waals surface area contributed by atoms with Crippen LogP contribution in [0.4, 0.5) is 0 Å². The summed E-state index contributed by atoms with van der Waals surface area (Å²) in [6.07, 6.45) is 1.18. The number of hydrogen-bond acceptors (Lipinski definition) is 4. The monoisotopic (exact) mass is 221 g/mol. The Morgan fingerprint density at radius 3 is 2.36 bits per heavy atom. The predicted octanol–water partition coefficient (Wildman–Crippen LogP) is -0.0504. The fourth-order valence-corrected chi connectivity index (χ4v) is 1.85. The van der Waals surface area contributed by atoms with E-state index in [-0.39, 0.29) is 12.2 Å². The summed E-state index contributed by atoms with van der Waals surface area (Å²) < 4.78 is 29.8. The van der Waals surface area contributed by atoms with E-state index in [1.807, 2.05) is 0 Å². The molecule has 0 saturated carbocycles. The van der Waals surface area contributed by atoms with Gasteiger partial charge in [-0.25, -0.2) is 0 Å². The van der Waals surface area contributed by atoms with Gasteiger partial charge >= 0.3 is 0 Å². The molecule has 0 saturated heterocycles. The number of allylic oxidation sites excluding steroid dienone is 1. The summed E-state index contributed by atoms with van der Waals surface area (Å²) in [6.45, 7) is 3.29. The van der Waals surface area contributed by atoms with Crippen LogP contribution in [0.25, 0.3) is 0 Å². The first-order chi connectivity index (χ1) is 6.26. The normalized spacial score (nSPS) is 14.0. The molecule has 0 aliphatic rings. The van der Waals surface area contributed by atoms with E-state index in [4.69, 9.17) is 4.55 Å². The van der Waals surface area contributed by atoms with Crippen molar-refractivity contribution in [3.8, 4) is 0 Å². The highest BCUT2D eigenvalue weighted by Crippen LogP contribution is 2.04. The minimum absolute atomic E-state index is 0.0380. The molecule has 0 heterocycles. The summed E-state index contributed by atoms with van der Waals surface area (Å²) in [5, 5.41) is 0. The Morgan fingerprint density at radius 1 is 1.57 bits per heavy atom. The van der Waals surface area contributed by atoms with Crippen molar-refractivity contribution in [3.05, 3.63) is 12.7 Å². The van der Waals surface area contributed by atoms with E-state index >= 15 is 0 Å². The van der Waals surface area contributed by atoms with Crippen LogP contribution in [-0.4, -0.2) is 49.5 Å². The molecule has 0 aromatic carbocycles. The van der Waals surface area contributed by atoms with Crippen LogP contribution >= 0.6 is 0 Å². The fraction of sp³-hybridized carbons (Fsp3) is 0.625. The Hall–Kier alpha value is -0.720. The second kappa shape index (κ2) is 5.23. The lowest BCUT2D eigenvalue weighted by atomic mass is 10.1. The molecule has 1 atom stereocenters. The molecule has 0 rings (SSSR count). The summed E-state index contributed by atoms with van der Waals surface area (Å²) in [5.41, 5.74) is 0. The van der Waals surface area contributed by atoms with E-state index in [1.54, 1.807) is 19.0 Å². The van der Waals surface area contributed by atoms with E-state index in [9.17, 15) is 13.2 Å². The van der Waals surface area contributed by atoms with Gasteiger partial charge in [-0.05, 0) is 20.2 Å². The van der Waals surface area contributed by atoms with E-state index in [2.05, 4.69) is 6.58 Å². The zero-order chi connectivity index (χ0) is 11.4. The molecule has 0 fully saturated rings. The lowest BCUT2D eigenvalue weighted by Gasteiger charge is -2.21. The maximum absolute atomic E-state index is 11.0. The molecule has 0 bridgehead atoms. The van der Waals surface area contributed by atoms with Crippen LogP contribution in [0.1, 0.15) is 6.42 Å². The second-order valence-corrected chi connectivity index (χ2v) is 4.74. The second-order valence-electron chi connectivity index (χ2n) is 3.24. The number of nitrogens with zero attached hydrogens (tertiary/aromatic N) is 1. The molecule has 5 nitrogen and oxygen atoms in total. The number of rotatable bonds is 6. The van der Waals surface area contributed by atoms with Gasteiger partial charge in [0.2, 0.25) is 0 Å². The average molecular weight is 221 g/mol. The Bertz CT molecular complexity index is 307. The Labute approximate surface area is 84.2 Å². The van der Waals surface area contributed by atoms with Crippen molar-refractivity contribution in [1.29, 1.82) is 0 Å². The molecule has 0 aromatic heterocycles. The molecule has 0 amide bonds. The van der Waals surface area contributed by atoms with Crippen molar-refractivity contribution in [2.24, 2.45) is 0 Å². The van der Waals surface area contributed by atoms with Gasteiger partial charge in [-0.2, -0.15) is 8.42 Å². The maximum Gasteiger partial charge on any atom is 0.266 e. The third-order valence-corrected chi connectivity index (χ3v) is 2.60. The van der Waals surface area contributed by atoms with Crippen LogP contribution in [-0.2, 0) is 14.9 Å². The van der Waals surface area contributed by atoms with E-state index < -0.39 is 21.9 Å².